The molecule has 0 spiro atoms. The first-order valence-corrected chi connectivity index (χ1v) is 7.61. The summed E-state index contributed by atoms with van der Waals surface area (Å²) in [7, 11) is 3.98. The van der Waals surface area contributed by atoms with E-state index in [0.29, 0.717) is 22.7 Å². The van der Waals surface area contributed by atoms with Crippen molar-refractivity contribution in [1.29, 1.82) is 0 Å². The zero-order chi connectivity index (χ0) is 15.4. The van der Waals surface area contributed by atoms with Gasteiger partial charge >= 0.3 is 5.97 Å². The molecule has 21 heavy (non-hydrogen) atoms. The number of rotatable bonds is 7. The van der Waals surface area contributed by atoms with Gasteiger partial charge in [-0.05, 0) is 45.3 Å². The number of thioether (sulfide) groups is 1. The second kappa shape index (κ2) is 6.91. The van der Waals surface area contributed by atoms with E-state index in [1.165, 1.54) is 12.1 Å². The molecule has 0 radical (unpaired) electrons. The number of halogens is 1. The van der Waals surface area contributed by atoms with Crippen LogP contribution in [0.2, 0.25) is 0 Å². The van der Waals surface area contributed by atoms with Crippen molar-refractivity contribution in [2.24, 2.45) is 0 Å². The summed E-state index contributed by atoms with van der Waals surface area (Å²) in [5, 5.41) is 9.43. The minimum atomic E-state index is -0.891. The molecule has 1 N–H and O–H groups in total. The molecule has 0 unspecified atom stereocenters. The average Bonchev–Trinajstić information content (AvgIpc) is 2.74. The molecule has 0 saturated carbocycles. The fourth-order valence-electron chi connectivity index (χ4n) is 2.07. The molecule has 0 bridgehead atoms. The van der Waals surface area contributed by atoms with Crippen LogP contribution >= 0.6 is 11.8 Å². The molecule has 5 nitrogen and oxygen atoms in total. The summed E-state index contributed by atoms with van der Waals surface area (Å²) in [4.78, 5) is 17.2. The average molecular weight is 311 g/mol. The molecular formula is C14H18FN3O2S. The molecule has 1 heterocycles. The highest BCUT2D eigenvalue weighted by Crippen LogP contribution is 2.25. The molecule has 7 heteroatoms. The first-order valence-electron chi connectivity index (χ1n) is 6.62. The van der Waals surface area contributed by atoms with Crippen molar-refractivity contribution in [1.82, 2.24) is 14.5 Å². The van der Waals surface area contributed by atoms with E-state index in [-0.39, 0.29) is 11.6 Å². The molecular weight excluding hydrogens is 293 g/mol. The summed E-state index contributed by atoms with van der Waals surface area (Å²) in [5.41, 5.74) is 1.40. The quantitative estimate of drug-likeness (QED) is 0.795. The molecule has 1 aromatic heterocycles. The number of carboxylic acid groups (broad SMARTS) is 1. The normalized spacial score (nSPS) is 11.4. The van der Waals surface area contributed by atoms with Crippen LogP contribution in [0, 0.1) is 5.82 Å². The maximum absolute atomic E-state index is 13.4. The van der Waals surface area contributed by atoms with E-state index in [0.717, 1.165) is 24.7 Å². The number of fused-ring (bicyclic) bond motifs is 1. The number of aromatic nitrogens is 2. The maximum Gasteiger partial charge on any atom is 0.313 e. The minimum Gasteiger partial charge on any atom is -0.481 e. The Morgan fingerprint density at radius 1 is 1.48 bits per heavy atom. The van der Waals surface area contributed by atoms with Crippen LogP contribution in [0.5, 0.6) is 0 Å². The Hall–Kier alpha value is -1.60. The number of aliphatic carboxylic acids is 1. The lowest BCUT2D eigenvalue weighted by atomic mass is 10.3. The van der Waals surface area contributed by atoms with Crippen LogP contribution in [0.3, 0.4) is 0 Å². The third-order valence-corrected chi connectivity index (χ3v) is 3.95. The fraction of sp³-hybridized carbons (Fsp3) is 0.429. The van der Waals surface area contributed by atoms with Crippen LogP contribution in [-0.2, 0) is 11.3 Å². The van der Waals surface area contributed by atoms with Crippen molar-refractivity contribution in [3.63, 3.8) is 0 Å². The van der Waals surface area contributed by atoms with Crippen LogP contribution in [0.15, 0.2) is 23.4 Å². The van der Waals surface area contributed by atoms with Gasteiger partial charge < -0.3 is 14.6 Å². The van der Waals surface area contributed by atoms with Gasteiger partial charge in [0, 0.05) is 6.54 Å². The number of carbonyl (C=O) groups is 1. The van der Waals surface area contributed by atoms with Gasteiger partial charge in [-0.15, -0.1) is 0 Å². The largest absolute Gasteiger partial charge is 0.481 e. The number of aryl methyl sites for hydroxylation is 1. The molecule has 0 atom stereocenters. The van der Waals surface area contributed by atoms with Gasteiger partial charge in [-0.1, -0.05) is 11.8 Å². The van der Waals surface area contributed by atoms with Crippen molar-refractivity contribution in [2.75, 3.05) is 26.4 Å². The standard InChI is InChI=1S/C14H18FN3O2S/c1-17(2)6-3-7-18-12-8-10(15)4-5-11(12)16-14(18)21-9-13(19)20/h4-5,8H,3,6-7,9H2,1-2H3,(H,19,20). The van der Waals surface area contributed by atoms with Crippen LogP contribution in [-0.4, -0.2) is 51.9 Å². The zero-order valence-electron chi connectivity index (χ0n) is 12.0. The smallest absolute Gasteiger partial charge is 0.313 e. The fourth-order valence-corrected chi connectivity index (χ4v) is 2.83. The predicted molar refractivity (Wildman–Crippen MR) is 81.2 cm³/mol. The van der Waals surface area contributed by atoms with Gasteiger partial charge in [0.15, 0.2) is 5.16 Å². The SMILES string of the molecule is CN(C)CCCn1c(SCC(=O)O)nc2ccc(F)cc21. The lowest BCUT2D eigenvalue weighted by Crippen LogP contribution is -2.15. The van der Waals surface area contributed by atoms with Gasteiger partial charge in [-0.3, -0.25) is 4.79 Å². The van der Waals surface area contributed by atoms with Gasteiger partial charge in [0.1, 0.15) is 5.82 Å². The van der Waals surface area contributed by atoms with Gasteiger partial charge in [0.05, 0.1) is 16.8 Å². The molecule has 0 aliphatic carbocycles. The Labute approximate surface area is 126 Å². The second-order valence-corrected chi connectivity index (χ2v) is 5.96. The Kier molecular flexibility index (Phi) is 5.19. The van der Waals surface area contributed by atoms with Gasteiger partial charge in [0.25, 0.3) is 0 Å². The summed E-state index contributed by atoms with van der Waals surface area (Å²) in [5.74, 6) is -1.26. The Morgan fingerprint density at radius 3 is 2.90 bits per heavy atom. The highest BCUT2D eigenvalue weighted by atomic mass is 32.2. The molecule has 2 aromatic rings. The molecule has 0 saturated heterocycles. The predicted octanol–water partition coefficient (Wildman–Crippen LogP) is 2.30. The second-order valence-electron chi connectivity index (χ2n) is 5.02. The number of imidazole rings is 1. The first-order chi connectivity index (χ1) is 9.97. The molecule has 0 aliphatic heterocycles. The Balaban J connectivity index is 2.28. The highest BCUT2D eigenvalue weighted by molar-refractivity contribution is 7.99. The summed E-state index contributed by atoms with van der Waals surface area (Å²) < 4.78 is 15.3. The molecule has 0 fully saturated rings. The van der Waals surface area contributed by atoms with E-state index in [9.17, 15) is 9.18 Å². The van der Waals surface area contributed by atoms with E-state index in [1.807, 2.05) is 18.7 Å². The van der Waals surface area contributed by atoms with E-state index >= 15 is 0 Å². The van der Waals surface area contributed by atoms with Crippen molar-refractivity contribution in [3.05, 3.63) is 24.0 Å². The summed E-state index contributed by atoms with van der Waals surface area (Å²) in [6, 6.07) is 4.44. The Bertz CT molecular complexity index is 642. The number of benzene rings is 1. The van der Waals surface area contributed by atoms with Gasteiger partial charge in [-0.2, -0.15) is 0 Å². The minimum absolute atomic E-state index is 0.0561. The molecule has 2 rings (SSSR count). The number of nitrogens with zero attached hydrogens (tertiary/aromatic N) is 3. The number of carboxylic acids is 1. The Morgan fingerprint density at radius 2 is 2.24 bits per heavy atom. The molecule has 0 aliphatic rings. The molecule has 114 valence electrons. The summed E-state index contributed by atoms with van der Waals surface area (Å²) in [6.45, 7) is 1.58. The lowest BCUT2D eigenvalue weighted by Gasteiger charge is -2.12. The zero-order valence-corrected chi connectivity index (χ0v) is 12.9. The van der Waals surface area contributed by atoms with Crippen LogP contribution in [0.25, 0.3) is 11.0 Å². The van der Waals surface area contributed by atoms with Crippen molar-refractivity contribution < 1.29 is 14.3 Å². The topological polar surface area (TPSA) is 58.4 Å². The van der Waals surface area contributed by atoms with Crippen LogP contribution in [0.1, 0.15) is 6.42 Å². The summed E-state index contributed by atoms with van der Waals surface area (Å²) in [6.07, 6.45) is 0.885. The van der Waals surface area contributed by atoms with E-state index in [1.54, 1.807) is 6.07 Å². The van der Waals surface area contributed by atoms with Crippen LogP contribution in [0.4, 0.5) is 4.39 Å². The lowest BCUT2D eigenvalue weighted by molar-refractivity contribution is -0.133. The van der Waals surface area contributed by atoms with Gasteiger partial charge in [0.2, 0.25) is 0 Å². The summed E-state index contributed by atoms with van der Waals surface area (Å²) >= 11 is 1.16. The molecule has 0 amide bonds. The van der Waals surface area contributed by atoms with Gasteiger partial charge in [-0.25, -0.2) is 9.37 Å². The number of hydrogen-bond acceptors (Lipinski definition) is 4. The monoisotopic (exact) mass is 311 g/mol. The van der Waals surface area contributed by atoms with E-state index < -0.39 is 5.97 Å². The number of hydrogen-bond donors (Lipinski definition) is 1. The van der Waals surface area contributed by atoms with Crippen molar-refractivity contribution in [2.45, 2.75) is 18.1 Å². The molecule has 1 aromatic carbocycles. The third kappa shape index (κ3) is 4.18. The highest BCUT2D eigenvalue weighted by Gasteiger charge is 2.13. The van der Waals surface area contributed by atoms with Crippen molar-refractivity contribution >= 4 is 28.8 Å². The first kappa shape index (κ1) is 15.8. The van der Waals surface area contributed by atoms with Crippen molar-refractivity contribution in [3.8, 4) is 0 Å². The third-order valence-electron chi connectivity index (χ3n) is 2.99. The maximum atomic E-state index is 13.4. The van der Waals surface area contributed by atoms with E-state index in [4.69, 9.17) is 5.11 Å². The van der Waals surface area contributed by atoms with Crippen LogP contribution < -0.4 is 0 Å². The van der Waals surface area contributed by atoms with E-state index in [2.05, 4.69) is 9.88 Å².